The van der Waals surface area contributed by atoms with Crippen molar-refractivity contribution in [3.05, 3.63) is 261 Å². The van der Waals surface area contributed by atoms with Crippen molar-refractivity contribution in [2.75, 3.05) is 0 Å². The Hall–Kier alpha value is -8.67. The Morgan fingerprint density at radius 2 is 0.773 bits per heavy atom. The van der Waals surface area contributed by atoms with E-state index in [0.29, 0.717) is 0 Å². The lowest BCUT2D eigenvalue weighted by atomic mass is 9.85. The highest BCUT2D eigenvalue weighted by Crippen LogP contribution is 2.43. The largest absolute Gasteiger partial charge is 0.256 e. The fourth-order valence-electron chi connectivity index (χ4n) is 9.03. The molecule has 5 nitrogen and oxygen atoms in total. The number of benzene rings is 8. The molecule has 0 unspecified atom stereocenters. The van der Waals surface area contributed by atoms with Crippen molar-refractivity contribution >= 4 is 0 Å². The Kier molecular flexibility index (Phi) is 11.1. The summed E-state index contributed by atoms with van der Waals surface area (Å²) in [5.41, 5.74) is 20.8. The van der Waals surface area contributed by atoms with Crippen LogP contribution in [0.25, 0.3) is 89.4 Å². The van der Waals surface area contributed by atoms with Crippen LogP contribution in [0.5, 0.6) is 0 Å². The molecule has 0 N–H and O–H groups in total. The van der Waals surface area contributed by atoms with Gasteiger partial charge in [-0.15, -0.1) is 0 Å². The van der Waals surface area contributed by atoms with Crippen molar-refractivity contribution < 1.29 is 0 Å². The second-order valence-corrected chi connectivity index (χ2v) is 16.5. The van der Waals surface area contributed by atoms with Gasteiger partial charge in [0, 0.05) is 36.5 Å². The van der Waals surface area contributed by atoms with Gasteiger partial charge in [-0.1, -0.05) is 158 Å². The fraction of sp³-hybridized carbons (Fsp3) is 0.0328. The molecule has 0 fully saturated rings. The zero-order chi connectivity index (χ0) is 44.1. The summed E-state index contributed by atoms with van der Waals surface area (Å²) in [6.45, 7) is 0. The molecule has 0 bridgehead atoms. The second kappa shape index (κ2) is 18.2. The molecule has 0 amide bonds. The van der Waals surface area contributed by atoms with E-state index in [1.54, 1.807) is 0 Å². The van der Waals surface area contributed by atoms with Crippen molar-refractivity contribution in [3.8, 4) is 89.4 Å². The summed E-state index contributed by atoms with van der Waals surface area (Å²) in [5, 5.41) is 8.88. The molecule has 11 rings (SSSR count). The monoisotopic (exact) mass is 847 g/mol. The van der Waals surface area contributed by atoms with E-state index in [2.05, 4.69) is 210 Å². The van der Waals surface area contributed by atoms with Crippen LogP contribution >= 0.6 is 0 Å². The van der Waals surface area contributed by atoms with Crippen molar-refractivity contribution in [3.63, 3.8) is 0 Å². The molecule has 0 aliphatic rings. The van der Waals surface area contributed by atoms with E-state index in [-0.39, 0.29) is 0 Å². The normalized spacial score (nSPS) is 11.2. The average Bonchev–Trinajstić information content (AvgIpc) is 4.16. The average molecular weight is 848 g/mol. The third-order valence-electron chi connectivity index (χ3n) is 12.4. The lowest BCUT2D eigenvalue weighted by Gasteiger charge is -2.19. The molecule has 0 saturated carbocycles. The minimum absolute atomic E-state index is 0.878. The lowest BCUT2D eigenvalue weighted by Crippen LogP contribution is -1.97. The highest BCUT2D eigenvalue weighted by Gasteiger charge is 2.17. The molecule has 8 aromatic carbocycles. The summed E-state index contributed by atoms with van der Waals surface area (Å²) in [7, 11) is 0. The van der Waals surface area contributed by atoms with E-state index in [1.807, 2.05) is 58.5 Å². The highest BCUT2D eigenvalue weighted by atomic mass is 15.3. The van der Waals surface area contributed by atoms with E-state index in [0.717, 1.165) is 52.2 Å². The van der Waals surface area contributed by atoms with E-state index in [4.69, 9.17) is 4.98 Å². The Morgan fingerprint density at radius 3 is 1.39 bits per heavy atom. The first-order chi connectivity index (χ1) is 32.7. The molecule has 66 heavy (non-hydrogen) atoms. The maximum Gasteiger partial charge on any atom is 0.0702 e. The quantitative estimate of drug-likeness (QED) is 0.123. The maximum absolute atomic E-state index is 4.75. The fourth-order valence-corrected chi connectivity index (χ4v) is 9.03. The SMILES string of the molecule is c1ccc(-c2ccc(-c3cc(-c4ccccn4)ccc3-c3ccccc3-c3cc(CCc4ccc(-n5cccn5)cc4)cc(-c4ccccc4-c4ccc(-n5cccn5)cc4)c3)cc2)cc1. The number of aromatic nitrogens is 5. The lowest BCUT2D eigenvalue weighted by molar-refractivity contribution is 0.877. The van der Waals surface area contributed by atoms with E-state index in [9.17, 15) is 0 Å². The van der Waals surface area contributed by atoms with E-state index < -0.39 is 0 Å². The predicted octanol–water partition coefficient (Wildman–Crippen LogP) is 14.9. The maximum atomic E-state index is 4.75. The third-order valence-corrected chi connectivity index (χ3v) is 12.4. The van der Waals surface area contributed by atoms with Gasteiger partial charge in [-0.25, -0.2) is 9.36 Å². The Morgan fingerprint density at radius 1 is 0.288 bits per heavy atom. The molecular weight excluding hydrogens is 803 g/mol. The predicted molar refractivity (Wildman–Crippen MR) is 270 cm³/mol. The van der Waals surface area contributed by atoms with Gasteiger partial charge in [0.25, 0.3) is 0 Å². The van der Waals surface area contributed by atoms with Crippen LogP contribution in [0, 0.1) is 0 Å². The van der Waals surface area contributed by atoms with Crippen LogP contribution in [-0.4, -0.2) is 24.5 Å². The van der Waals surface area contributed by atoms with E-state index >= 15 is 0 Å². The highest BCUT2D eigenvalue weighted by molar-refractivity contribution is 5.95. The molecule has 314 valence electrons. The molecule has 3 aromatic heterocycles. The molecule has 5 heteroatoms. The van der Waals surface area contributed by atoms with Crippen LogP contribution in [0.1, 0.15) is 11.1 Å². The zero-order valence-electron chi connectivity index (χ0n) is 36.3. The van der Waals surface area contributed by atoms with Crippen molar-refractivity contribution in [1.29, 1.82) is 0 Å². The van der Waals surface area contributed by atoms with Gasteiger partial charge in [-0.3, -0.25) is 4.98 Å². The second-order valence-electron chi connectivity index (χ2n) is 16.5. The van der Waals surface area contributed by atoms with E-state index in [1.165, 1.54) is 61.2 Å². The van der Waals surface area contributed by atoms with Crippen LogP contribution in [0.15, 0.2) is 249 Å². The zero-order valence-corrected chi connectivity index (χ0v) is 36.3. The molecular formula is C61H45N5. The molecule has 0 atom stereocenters. The topological polar surface area (TPSA) is 48.5 Å². The van der Waals surface area contributed by atoms with Crippen molar-refractivity contribution in [1.82, 2.24) is 24.5 Å². The van der Waals surface area contributed by atoms with Crippen molar-refractivity contribution in [2.45, 2.75) is 12.8 Å². The Labute approximate surface area is 385 Å². The van der Waals surface area contributed by atoms with Gasteiger partial charge in [-0.2, -0.15) is 10.2 Å². The first kappa shape index (κ1) is 40.1. The number of nitrogens with zero attached hydrogens (tertiary/aromatic N) is 5. The standard InChI is InChI=1S/C61H45N5/c1-2-12-46(13-3-1)47-23-25-49(26-24-47)60-43-50(61-18-8-9-35-62-61)29-34-59(60)58-17-7-6-16-57(58)52-41-45(20-19-44-21-30-53(31-22-44)65-38-10-36-63-65)40-51(42-52)56-15-5-4-14-55(56)48-27-32-54(33-28-48)66-39-11-37-64-66/h1-18,21-43H,19-20H2. The van der Waals surface area contributed by atoms with Gasteiger partial charge in [0.05, 0.1) is 17.1 Å². The number of hydrogen-bond donors (Lipinski definition) is 0. The summed E-state index contributed by atoms with van der Waals surface area (Å²) in [6, 6.07) is 78.6. The molecule has 3 heterocycles. The first-order valence-corrected chi connectivity index (χ1v) is 22.4. The minimum atomic E-state index is 0.878. The smallest absolute Gasteiger partial charge is 0.0702 e. The van der Waals surface area contributed by atoms with Crippen LogP contribution in [-0.2, 0) is 12.8 Å². The van der Waals surface area contributed by atoms with Gasteiger partial charge < -0.3 is 0 Å². The molecule has 0 spiro atoms. The van der Waals surface area contributed by atoms with Gasteiger partial charge in [0.15, 0.2) is 0 Å². The molecule has 0 radical (unpaired) electrons. The molecule has 0 saturated heterocycles. The van der Waals surface area contributed by atoms with Gasteiger partial charge >= 0.3 is 0 Å². The molecule has 11 aromatic rings. The summed E-state index contributed by atoms with van der Waals surface area (Å²) < 4.78 is 3.79. The third kappa shape index (κ3) is 8.41. The Bertz CT molecular complexity index is 3360. The summed E-state index contributed by atoms with van der Waals surface area (Å²) in [4.78, 5) is 4.75. The van der Waals surface area contributed by atoms with Gasteiger partial charge in [0.2, 0.25) is 0 Å². The number of hydrogen-bond acceptors (Lipinski definition) is 3. The van der Waals surface area contributed by atoms with Gasteiger partial charge in [0.1, 0.15) is 0 Å². The van der Waals surface area contributed by atoms with Crippen molar-refractivity contribution in [2.24, 2.45) is 0 Å². The van der Waals surface area contributed by atoms with Crippen LogP contribution in [0.4, 0.5) is 0 Å². The summed E-state index contributed by atoms with van der Waals surface area (Å²) >= 11 is 0. The molecule has 0 aliphatic carbocycles. The first-order valence-electron chi connectivity index (χ1n) is 22.4. The number of rotatable bonds is 12. The summed E-state index contributed by atoms with van der Waals surface area (Å²) in [6.07, 6.45) is 11.2. The van der Waals surface area contributed by atoms with Crippen LogP contribution in [0.3, 0.4) is 0 Å². The molecule has 0 aliphatic heterocycles. The minimum Gasteiger partial charge on any atom is -0.256 e. The van der Waals surface area contributed by atoms with Crippen LogP contribution in [0.2, 0.25) is 0 Å². The van der Waals surface area contributed by atoms with Crippen LogP contribution < -0.4 is 0 Å². The Balaban J connectivity index is 1.03. The summed E-state index contributed by atoms with van der Waals surface area (Å²) in [5.74, 6) is 0. The van der Waals surface area contributed by atoms with Gasteiger partial charge in [-0.05, 0) is 151 Å². The number of pyridine rings is 1. The number of aryl methyl sites for hydroxylation is 2.